The number of alkyl halides is 3. The number of halogens is 3. The van der Waals surface area contributed by atoms with Crippen LogP contribution in [0.15, 0.2) is 0 Å². The highest BCUT2D eigenvalue weighted by molar-refractivity contribution is 5.87. The molecule has 96 valence electrons. The molecule has 0 radical (unpaired) electrons. The number of likely N-dealkylation sites (tertiary alicyclic amines) is 1. The van der Waals surface area contributed by atoms with Crippen molar-refractivity contribution >= 4 is 11.9 Å². The molecule has 0 bridgehead atoms. The fourth-order valence-electron chi connectivity index (χ4n) is 2.25. The first-order chi connectivity index (χ1) is 7.75. The van der Waals surface area contributed by atoms with Gasteiger partial charge in [0.1, 0.15) is 6.04 Å². The lowest BCUT2D eigenvalue weighted by Crippen LogP contribution is -2.49. The van der Waals surface area contributed by atoms with E-state index in [2.05, 4.69) is 0 Å². The Morgan fingerprint density at radius 3 is 2.29 bits per heavy atom. The van der Waals surface area contributed by atoms with Gasteiger partial charge in [0.25, 0.3) is 0 Å². The predicted octanol–water partition coefficient (Wildman–Crippen LogP) is 0.251. The molecule has 5 nitrogen and oxygen atoms in total. The molecule has 0 aliphatic carbocycles. The standard InChI is InChI=1S/C9H10F3NO4/c10-9(11,12)7(16)13-2-8(3-17-4-8)1-5(13)6(14)15/h5H,1-4H2,(H,14,15). The number of aliphatic carboxylic acids is 1. The van der Waals surface area contributed by atoms with Crippen molar-refractivity contribution in [1.82, 2.24) is 4.90 Å². The molecular formula is C9H10F3NO4. The maximum absolute atomic E-state index is 12.3. The molecule has 2 aliphatic rings. The van der Waals surface area contributed by atoms with E-state index < -0.39 is 29.5 Å². The van der Waals surface area contributed by atoms with Crippen molar-refractivity contribution in [3.05, 3.63) is 0 Å². The first kappa shape index (κ1) is 12.2. The molecule has 1 N–H and O–H groups in total. The van der Waals surface area contributed by atoms with Gasteiger partial charge in [-0.15, -0.1) is 0 Å². The maximum Gasteiger partial charge on any atom is 0.471 e. The Morgan fingerprint density at radius 2 is 1.94 bits per heavy atom. The van der Waals surface area contributed by atoms with E-state index in [9.17, 15) is 22.8 Å². The number of carbonyl (C=O) groups excluding carboxylic acids is 1. The molecule has 0 aromatic rings. The van der Waals surface area contributed by atoms with Crippen LogP contribution in [0.5, 0.6) is 0 Å². The molecule has 2 saturated heterocycles. The summed E-state index contributed by atoms with van der Waals surface area (Å²) in [6.07, 6.45) is -5.02. The van der Waals surface area contributed by atoms with Crippen LogP contribution in [0.25, 0.3) is 0 Å². The van der Waals surface area contributed by atoms with Crippen molar-refractivity contribution in [2.75, 3.05) is 19.8 Å². The van der Waals surface area contributed by atoms with Crippen LogP contribution in [0.2, 0.25) is 0 Å². The van der Waals surface area contributed by atoms with E-state index in [1.807, 2.05) is 0 Å². The van der Waals surface area contributed by atoms with Gasteiger partial charge in [-0.2, -0.15) is 13.2 Å². The number of carboxylic acids is 1. The van der Waals surface area contributed by atoms with Crippen LogP contribution in [0.1, 0.15) is 6.42 Å². The first-order valence-corrected chi connectivity index (χ1v) is 4.94. The highest BCUT2D eigenvalue weighted by Crippen LogP contribution is 2.42. The van der Waals surface area contributed by atoms with E-state index >= 15 is 0 Å². The molecule has 2 heterocycles. The van der Waals surface area contributed by atoms with Crippen LogP contribution in [0, 0.1) is 5.41 Å². The monoisotopic (exact) mass is 253 g/mol. The molecule has 0 aromatic carbocycles. The minimum absolute atomic E-state index is 0.0180. The number of ether oxygens (including phenoxy) is 1. The van der Waals surface area contributed by atoms with Gasteiger partial charge in [-0.1, -0.05) is 0 Å². The van der Waals surface area contributed by atoms with Crippen LogP contribution < -0.4 is 0 Å². The summed E-state index contributed by atoms with van der Waals surface area (Å²) >= 11 is 0. The van der Waals surface area contributed by atoms with Crippen LogP contribution in [-0.2, 0) is 14.3 Å². The fraction of sp³-hybridized carbons (Fsp3) is 0.778. The Balaban J connectivity index is 2.20. The van der Waals surface area contributed by atoms with Crippen molar-refractivity contribution in [2.45, 2.75) is 18.6 Å². The maximum atomic E-state index is 12.3. The van der Waals surface area contributed by atoms with E-state index in [0.717, 1.165) is 0 Å². The molecular weight excluding hydrogens is 243 g/mol. The second kappa shape index (κ2) is 3.59. The summed E-state index contributed by atoms with van der Waals surface area (Å²) in [5.41, 5.74) is -0.607. The first-order valence-electron chi connectivity index (χ1n) is 4.94. The lowest BCUT2D eigenvalue weighted by atomic mass is 9.84. The lowest BCUT2D eigenvalue weighted by molar-refractivity contribution is -0.189. The molecule has 1 amide bonds. The normalized spacial score (nSPS) is 27.0. The number of carboxylic acid groups (broad SMARTS) is 1. The molecule has 1 spiro atoms. The second-order valence-electron chi connectivity index (χ2n) is 4.48. The second-order valence-corrected chi connectivity index (χ2v) is 4.48. The van der Waals surface area contributed by atoms with E-state index in [4.69, 9.17) is 9.84 Å². The summed E-state index contributed by atoms with van der Waals surface area (Å²) in [6, 6.07) is -1.41. The number of rotatable bonds is 1. The molecule has 2 rings (SSSR count). The minimum Gasteiger partial charge on any atom is -0.480 e. The molecule has 2 aliphatic heterocycles. The molecule has 2 fully saturated rings. The summed E-state index contributed by atoms with van der Waals surface area (Å²) in [5.74, 6) is -3.50. The smallest absolute Gasteiger partial charge is 0.471 e. The third-order valence-electron chi connectivity index (χ3n) is 3.11. The van der Waals surface area contributed by atoms with Crippen molar-refractivity contribution < 1.29 is 32.6 Å². The number of amides is 1. The van der Waals surface area contributed by atoms with Gasteiger partial charge >= 0.3 is 18.1 Å². The van der Waals surface area contributed by atoms with Crippen molar-refractivity contribution in [1.29, 1.82) is 0 Å². The van der Waals surface area contributed by atoms with E-state index in [-0.39, 0.29) is 26.2 Å². The molecule has 1 atom stereocenters. The molecule has 8 heteroatoms. The van der Waals surface area contributed by atoms with Crippen molar-refractivity contribution in [3.8, 4) is 0 Å². The predicted molar refractivity (Wildman–Crippen MR) is 47.1 cm³/mol. The molecule has 0 aromatic heterocycles. The lowest BCUT2D eigenvalue weighted by Gasteiger charge is -2.37. The van der Waals surface area contributed by atoms with Crippen LogP contribution >= 0.6 is 0 Å². The van der Waals surface area contributed by atoms with Crippen LogP contribution in [-0.4, -0.2) is 53.9 Å². The van der Waals surface area contributed by atoms with Gasteiger partial charge in [-0.3, -0.25) is 4.79 Å². The summed E-state index contributed by atoms with van der Waals surface area (Å²) in [7, 11) is 0. The third-order valence-corrected chi connectivity index (χ3v) is 3.11. The van der Waals surface area contributed by atoms with Gasteiger partial charge in [-0.25, -0.2) is 4.79 Å². The summed E-state index contributed by atoms with van der Waals surface area (Å²) in [5, 5.41) is 8.85. The van der Waals surface area contributed by atoms with Crippen molar-refractivity contribution in [3.63, 3.8) is 0 Å². The summed E-state index contributed by atoms with van der Waals surface area (Å²) < 4.78 is 41.8. The quantitative estimate of drug-likeness (QED) is 0.727. The summed E-state index contributed by atoms with van der Waals surface area (Å²) in [6.45, 7) is 0.207. The Labute approximate surface area is 94.1 Å². The zero-order chi connectivity index (χ0) is 12.8. The van der Waals surface area contributed by atoms with Gasteiger partial charge in [-0.05, 0) is 6.42 Å². The number of hydrogen-bond donors (Lipinski definition) is 1. The van der Waals surface area contributed by atoms with E-state index in [1.165, 1.54) is 0 Å². The van der Waals surface area contributed by atoms with E-state index in [1.54, 1.807) is 0 Å². The van der Waals surface area contributed by atoms with Gasteiger partial charge in [0.15, 0.2) is 0 Å². The van der Waals surface area contributed by atoms with Crippen molar-refractivity contribution in [2.24, 2.45) is 5.41 Å². The highest BCUT2D eigenvalue weighted by Gasteiger charge is 2.57. The largest absolute Gasteiger partial charge is 0.480 e. The Morgan fingerprint density at radius 1 is 1.35 bits per heavy atom. The zero-order valence-electron chi connectivity index (χ0n) is 8.66. The average molecular weight is 253 g/mol. The Hall–Kier alpha value is -1.31. The van der Waals surface area contributed by atoms with Crippen LogP contribution in [0.3, 0.4) is 0 Å². The number of carbonyl (C=O) groups is 2. The molecule has 17 heavy (non-hydrogen) atoms. The van der Waals surface area contributed by atoms with Gasteiger partial charge in [0, 0.05) is 12.0 Å². The minimum atomic E-state index is -5.04. The van der Waals surface area contributed by atoms with Gasteiger partial charge < -0.3 is 14.7 Å². The third kappa shape index (κ3) is 1.97. The topological polar surface area (TPSA) is 66.8 Å². The molecule has 0 saturated carbocycles. The van der Waals surface area contributed by atoms with Gasteiger partial charge in [0.2, 0.25) is 0 Å². The SMILES string of the molecule is O=C(O)C1CC2(COC2)CN1C(=O)C(F)(F)F. The zero-order valence-corrected chi connectivity index (χ0v) is 8.66. The number of nitrogens with zero attached hydrogens (tertiary/aromatic N) is 1. The average Bonchev–Trinajstić information content (AvgIpc) is 2.54. The number of hydrogen-bond acceptors (Lipinski definition) is 3. The summed E-state index contributed by atoms with van der Waals surface area (Å²) in [4.78, 5) is 22.4. The van der Waals surface area contributed by atoms with Crippen LogP contribution in [0.4, 0.5) is 13.2 Å². The molecule has 1 unspecified atom stereocenters. The van der Waals surface area contributed by atoms with Gasteiger partial charge in [0.05, 0.1) is 13.2 Å². The fourth-order valence-corrected chi connectivity index (χ4v) is 2.25. The Kier molecular flexibility index (Phi) is 2.57. The van der Waals surface area contributed by atoms with E-state index in [0.29, 0.717) is 4.90 Å². The Bertz CT molecular complexity index is 364. The highest BCUT2D eigenvalue weighted by atomic mass is 19.4.